The van der Waals surface area contributed by atoms with Gasteiger partial charge in [0, 0.05) is 0 Å². The zero-order valence-corrected chi connectivity index (χ0v) is 15.9. The fourth-order valence-electron chi connectivity index (χ4n) is 5.31. The summed E-state index contributed by atoms with van der Waals surface area (Å²) in [6, 6.07) is 0. The number of rotatable bonds is 10. The maximum absolute atomic E-state index is 5.91. The van der Waals surface area contributed by atoms with Crippen molar-refractivity contribution in [1.82, 2.24) is 0 Å². The summed E-state index contributed by atoms with van der Waals surface area (Å²) in [6.45, 7) is 3.41. The predicted octanol–water partition coefficient (Wildman–Crippen LogP) is 6.70. The molecule has 2 aliphatic carbocycles. The minimum atomic E-state index is 0.897. The molecule has 1 nitrogen and oxygen atoms in total. The van der Waals surface area contributed by atoms with Crippen molar-refractivity contribution in [2.75, 3.05) is 6.54 Å². The minimum Gasteiger partial charge on any atom is -0.330 e. The first-order valence-electron chi connectivity index (χ1n) is 11.0. The van der Waals surface area contributed by atoms with E-state index in [1.807, 2.05) is 0 Å². The lowest BCUT2D eigenvalue weighted by Crippen LogP contribution is -2.18. The second-order valence-corrected chi connectivity index (χ2v) is 8.84. The molecule has 0 aromatic heterocycles. The van der Waals surface area contributed by atoms with Gasteiger partial charge < -0.3 is 5.73 Å². The molecule has 0 radical (unpaired) electrons. The highest BCUT2D eigenvalue weighted by Gasteiger charge is 2.23. The Hall–Kier alpha value is -0.0400. The van der Waals surface area contributed by atoms with Gasteiger partial charge in [-0.05, 0) is 43.1 Å². The first-order valence-corrected chi connectivity index (χ1v) is 11.0. The maximum atomic E-state index is 5.91. The summed E-state index contributed by atoms with van der Waals surface area (Å²) in [7, 11) is 0. The molecule has 3 atom stereocenters. The molecular weight excluding hydrogens is 278 g/mol. The molecule has 2 aliphatic rings. The summed E-state index contributed by atoms with van der Waals surface area (Å²) in [4.78, 5) is 0. The van der Waals surface area contributed by atoms with Crippen LogP contribution in [0.3, 0.4) is 0 Å². The van der Waals surface area contributed by atoms with E-state index in [0.717, 1.165) is 30.2 Å². The van der Waals surface area contributed by atoms with Crippen LogP contribution in [-0.2, 0) is 0 Å². The number of unbranched alkanes of at least 4 members (excludes halogenated alkanes) is 2. The topological polar surface area (TPSA) is 26.0 Å². The van der Waals surface area contributed by atoms with Gasteiger partial charge in [0.05, 0.1) is 0 Å². The first kappa shape index (κ1) is 19.3. The third-order valence-corrected chi connectivity index (χ3v) is 6.95. The highest BCUT2D eigenvalue weighted by Crippen LogP contribution is 2.35. The van der Waals surface area contributed by atoms with Gasteiger partial charge in [-0.25, -0.2) is 0 Å². The van der Waals surface area contributed by atoms with Crippen molar-refractivity contribution in [2.24, 2.45) is 29.4 Å². The fourth-order valence-corrected chi connectivity index (χ4v) is 5.31. The molecule has 2 N–H and O–H groups in total. The van der Waals surface area contributed by atoms with Gasteiger partial charge in [-0.3, -0.25) is 0 Å². The Labute approximate surface area is 146 Å². The molecule has 0 amide bonds. The van der Waals surface area contributed by atoms with E-state index in [0.29, 0.717) is 0 Å². The largest absolute Gasteiger partial charge is 0.330 e. The Bertz CT molecular complexity index is 282. The van der Waals surface area contributed by atoms with Crippen LogP contribution in [0.4, 0.5) is 0 Å². The lowest BCUT2D eigenvalue weighted by molar-refractivity contribution is 0.249. The van der Waals surface area contributed by atoms with E-state index >= 15 is 0 Å². The van der Waals surface area contributed by atoms with E-state index in [2.05, 4.69) is 6.92 Å². The van der Waals surface area contributed by atoms with Crippen LogP contribution >= 0.6 is 0 Å². The van der Waals surface area contributed by atoms with E-state index < -0.39 is 0 Å². The maximum Gasteiger partial charge on any atom is -0.00746 e. The Balaban J connectivity index is 1.61. The summed E-state index contributed by atoms with van der Waals surface area (Å²) in [6.07, 6.45) is 23.6. The molecule has 0 aliphatic heterocycles. The normalized spacial score (nSPS) is 27.9. The van der Waals surface area contributed by atoms with Crippen LogP contribution in [0.2, 0.25) is 0 Å². The average molecular weight is 322 g/mol. The predicted molar refractivity (Wildman–Crippen MR) is 103 cm³/mol. The molecule has 2 rings (SSSR count). The van der Waals surface area contributed by atoms with Crippen LogP contribution in [0.5, 0.6) is 0 Å². The third-order valence-electron chi connectivity index (χ3n) is 6.95. The molecular formula is C22H43N. The third kappa shape index (κ3) is 7.59. The molecule has 23 heavy (non-hydrogen) atoms. The molecule has 3 unspecified atom stereocenters. The van der Waals surface area contributed by atoms with Gasteiger partial charge in [-0.2, -0.15) is 0 Å². The van der Waals surface area contributed by atoms with Gasteiger partial charge in [0.25, 0.3) is 0 Å². The van der Waals surface area contributed by atoms with Gasteiger partial charge in [0.15, 0.2) is 0 Å². The van der Waals surface area contributed by atoms with Gasteiger partial charge in [0.1, 0.15) is 0 Å². The van der Waals surface area contributed by atoms with Crippen LogP contribution in [0.25, 0.3) is 0 Å². The van der Waals surface area contributed by atoms with Gasteiger partial charge in [0.2, 0.25) is 0 Å². The highest BCUT2D eigenvalue weighted by molar-refractivity contribution is 4.75. The fraction of sp³-hybridized carbons (Fsp3) is 1.00. The molecule has 2 saturated carbocycles. The van der Waals surface area contributed by atoms with Crippen LogP contribution in [0, 0.1) is 23.7 Å². The molecule has 136 valence electrons. The average Bonchev–Trinajstić information content (AvgIpc) is 2.98. The molecule has 0 spiro atoms. The Morgan fingerprint density at radius 1 is 0.826 bits per heavy atom. The molecule has 0 bridgehead atoms. The summed E-state index contributed by atoms with van der Waals surface area (Å²) in [5.74, 6) is 3.95. The summed E-state index contributed by atoms with van der Waals surface area (Å²) in [5.41, 5.74) is 5.91. The lowest BCUT2D eigenvalue weighted by atomic mass is 9.79. The number of nitrogens with two attached hydrogens (primary N) is 1. The van der Waals surface area contributed by atoms with E-state index in [9.17, 15) is 0 Å². The smallest absolute Gasteiger partial charge is 0.00746 e. The quantitative estimate of drug-likeness (QED) is 0.351. The van der Waals surface area contributed by atoms with Crippen LogP contribution in [0.1, 0.15) is 110 Å². The highest BCUT2D eigenvalue weighted by atomic mass is 14.5. The van der Waals surface area contributed by atoms with E-state index in [4.69, 9.17) is 5.73 Å². The number of hydrogen-bond donors (Lipinski definition) is 1. The van der Waals surface area contributed by atoms with E-state index in [1.54, 1.807) is 0 Å². The van der Waals surface area contributed by atoms with Crippen LogP contribution in [0.15, 0.2) is 0 Å². The summed E-state index contributed by atoms with van der Waals surface area (Å²) < 4.78 is 0. The van der Waals surface area contributed by atoms with Gasteiger partial charge in [-0.15, -0.1) is 0 Å². The monoisotopic (exact) mass is 321 g/mol. The van der Waals surface area contributed by atoms with E-state index in [1.165, 1.54) is 103 Å². The van der Waals surface area contributed by atoms with Crippen molar-refractivity contribution in [3.05, 3.63) is 0 Å². The standard InChI is InChI=1S/C22H43N/c1-19-10-4-2-7-15-22(19)18-21(16-17-23)14-6-3-5-11-20-12-8-9-13-20/h19-22H,2-18,23H2,1H3. The molecule has 0 aromatic carbocycles. The van der Waals surface area contributed by atoms with Crippen molar-refractivity contribution >= 4 is 0 Å². The minimum absolute atomic E-state index is 0.897. The Morgan fingerprint density at radius 2 is 1.57 bits per heavy atom. The van der Waals surface area contributed by atoms with Crippen molar-refractivity contribution < 1.29 is 0 Å². The van der Waals surface area contributed by atoms with Crippen molar-refractivity contribution in [1.29, 1.82) is 0 Å². The second kappa shape index (κ2) is 11.5. The lowest BCUT2D eigenvalue weighted by Gasteiger charge is -2.27. The summed E-state index contributed by atoms with van der Waals surface area (Å²) in [5, 5.41) is 0. The molecule has 0 aromatic rings. The van der Waals surface area contributed by atoms with Gasteiger partial charge >= 0.3 is 0 Å². The van der Waals surface area contributed by atoms with E-state index in [-0.39, 0.29) is 0 Å². The number of hydrogen-bond acceptors (Lipinski definition) is 1. The Morgan fingerprint density at radius 3 is 2.35 bits per heavy atom. The van der Waals surface area contributed by atoms with Crippen LogP contribution in [-0.4, -0.2) is 6.54 Å². The SMILES string of the molecule is CC1CCCCCC1CC(CCN)CCCCCC1CCCC1. The zero-order chi connectivity index (χ0) is 16.3. The first-order chi connectivity index (χ1) is 11.3. The molecule has 0 saturated heterocycles. The second-order valence-electron chi connectivity index (χ2n) is 8.84. The zero-order valence-electron chi connectivity index (χ0n) is 15.9. The molecule has 0 heterocycles. The van der Waals surface area contributed by atoms with Crippen molar-refractivity contribution in [2.45, 2.75) is 110 Å². The molecule has 2 fully saturated rings. The molecule has 1 heteroatoms. The van der Waals surface area contributed by atoms with Crippen LogP contribution < -0.4 is 5.73 Å². The summed E-state index contributed by atoms with van der Waals surface area (Å²) >= 11 is 0. The van der Waals surface area contributed by atoms with Crippen molar-refractivity contribution in [3.8, 4) is 0 Å². The Kier molecular flexibility index (Phi) is 9.65. The van der Waals surface area contributed by atoms with Gasteiger partial charge in [-0.1, -0.05) is 96.8 Å². The van der Waals surface area contributed by atoms with Crippen molar-refractivity contribution in [3.63, 3.8) is 0 Å².